The maximum atomic E-state index is 13.5. The number of piperidine rings is 1. The maximum Gasteiger partial charge on any atom is 0.307 e. The second-order valence-electron chi connectivity index (χ2n) is 5.36. The highest BCUT2D eigenvalue weighted by molar-refractivity contribution is 5.69. The number of carbonyl (C=O) groups excluding carboxylic acids is 1. The highest BCUT2D eigenvalue weighted by Gasteiger charge is 2.25. The molecule has 1 atom stereocenters. The van der Waals surface area contributed by atoms with E-state index in [0.29, 0.717) is 18.5 Å². The van der Waals surface area contributed by atoms with Gasteiger partial charge in [0, 0.05) is 12.6 Å². The van der Waals surface area contributed by atoms with Crippen molar-refractivity contribution in [2.24, 2.45) is 0 Å². The first-order chi connectivity index (χ1) is 10.1. The molecule has 1 fully saturated rings. The molecule has 0 spiro atoms. The third kappa shape index (κ3) is 4.27. The predicted octanol–water partition coefficient (Wildman–Crippen LogP) is 2.61. The van der Waals surface area contributed by atoms with Gasteiger partial charge in [-0.05, 0) is 43.1 Å². The Hall–Kier alpha value is -1.93. The second kappa shape index (κ2) is 7.19. The van der Waals surface area contributed by atoms with E-state index in [-0.39, 0.29) is 12.0 Å². The Balaban J connectivity index is 2.10. The molecule has 4 nitrogen and oxygen atoms in total. The number of nitriles is 1. The van der Waals surface area contributed by atoms with Gasteiger partial charge in [0.25, 0.3) is 0 Å². The molecule has 1 aliphatic rings. The van der Waals surface area contributed by atoms with Gasteiger partial charge < -0.3 is 4.74 Å². The molecule has 0 radical (unpaired) electrons. The molecule has 1 aromatic carbocycles. The molecule has 1 heterocycles. The van der Waals surface area contributed by atoms with Gasteiger partial charge in [0.05, 0.1) is 25.2 Å². The van der Waals surface area contributed by atoms with E-state index in [1.54, 1.807) is 6.07 Å². The van der Waals surface area contributed by atoms with E-state index in [1.165, 1.54) is 19.2 Å². The van der Waals surface area contributed by atoms with Crippen LogP contribution in [0.4, 0.5) is 4.39 Å². The Bertz CT molecular complexity index is 554. The fraction of sp³-hybridized carbons (Fsp3) is 0.500. The van der Waals surface area contributed by atoms with Crippen LogP contribution in [0.3, 0.4) is 0 Å². The van der Waals surface area contributed by atoms with Gasteiger partial charge in [-0.25, -0.2) is 4.39 Å². The third-order valence-corrected chi connectivity index (χ3v) is 3.85. The molecular weight excluding hydrogens is 271 g/mol. The SMILES string of the molecule is COC(=O)CC1CCCCN1Cc1cc(F)cc(C#N)c1. The van der Waals surface area contributed by atoms with Crippen LogP contribution >= 0.6 is 0 Å². The van der Waals surface area contributed by atoms with E-state index in [4.69, 9.17) is 10.00 Å². The van der Waals surface area contributed by atoms with Gasteiger partial charge in [-0.2, -0.15) is 5.26 Å². The number of rotatable bonds is 4. The number of ether oxygens (including phenoxy) is 1. The molecule has 112 valence electrons. The molecule has 0 N–H and O–H groups in total. The number of benzene rings is 1. The lowest BCUT2D eigenvalue weighted by Crippen LogP contribution is -2.40. The zero-order chi connectivity index (χ0) is 15.2. The summed E-state index contributed by atoms with van der Waals surface area (Å²) >= 11 is 0. The van der Waals surface area contributed by atoms with Gasteiger partial charge in [0.15, 0.2) is 0 Å². The van der Waals surface area contributed by atoms with Crippen LogP contribution in [-0.2, 0) is 16.1 Å². The van der Waals surface area contributed by atoms with Gasteiger partial charge in [-0.3, -0.25) is 9.69 Å². The summed E-state index contributed by atoms with van der Waals surface area (Å²) in [5, 5.41) is 8.90. The van der Waals surface area contributed by atoms with Crippen molar-refractivity contribution in [1.29, 1.82) is 5.26 Å². The predicted molar refractivity (Wildman–Crippen MR) is 75.8 cm³/mol. The molecule has 5 heteroatoms. The van der Waals surface area contributed by atoms with Crippen LogP contribution in [0.2, 0.25) is 0 Å². The summed E-state index contributed by atoms with van der Waals surface area (Å²) in [5.74, 6) is -0.616. The molecule has 0 aliphatic carbocycles. The molecule has 1 unspecified atom stereocenters. The average Bonchev–Trinajstić information content (AvgIpc) is 2.48. The lowest BCUT2D eigenvalue weighted by molar-refractivity contribution is -0.142. The van der Waals surface area contributed by atoms with Crippen molar-refractivity contribution in [3.05, 3.63) is 35.1 Å². The van der Waals surface area contributed by atoms with Crippen molar-refractivity contribution in [2.45, 2.75) is 38.3 Å². The maximum absolute atomic E-state index is 13.5. The summed E-state index contributed by atoms with van der Waals surface area (Å²) in [5.41, 5.74) is 1.09. The summed E-state index contributed by atoms with van der Waals surface area (Å²) < 4.78 is 18.2. The number of likely N-dealkylation sites (tertiary alicyclic amines) is 1. The van der Waals surface area contributed by atoms with Crippen molar-refractivity contribution in [2.75, 3.05) is 13.7 Å². The van der Waals surface area contributed by atoms with Crippen molar-refractivity contribution in [3.63, 3.8) is 0 Å². The lowest BCUT2D eigenvalue weighted by atomic mass is 9.98. The number of halogens is 1. The summed E-state index contributed by atoms with van der Waals surface area (Å²) in [6.45, 7) is 1.42. The molecule has 0 amide bonds. The third-order valence-electron chi connectivity index (χ3n) is 3.85. The quantitative estimate of drug-likeness (QED) is 0.800. The van der Waals surface area contributed by atoms with Gasteiger partial charge in [-0.1, -0.05) is 6.42 Å². The Morgan fingerprint density at radius 2 is 2.29 bits per heavy atom. The molecule has 0 bridgehead atoms. The average molecular weight is 290 g/mol. The Kier molecular flexibility index (Phi) is 5.29. The first-order valence-corrected chi connectivity index (χ1v) is 7.13. The molecule has 0 aromatic heterocycles. The van der Waals surface area contributed by atoms with Gasteiger partial charge in [0.1, 0.15) is 5.82 Å². The fourth-order valence-corrected chi connectivity index (χ4v) is 2.82. The molecule has 2 rings (SSSR count). The van der Waals surface area contributed by atoms with Crippen molar-refractivity contribution < 1.29 is 13.9 Å². The molecule has 0 saturated carbocycles. The number of carbonyl (C=O) groups is 1. The van der Waals surface area contributed by atoms with Crippen molar-refractivity contribution in [3.8, 4) is 6.07 Å². The van der Waals surface area contributed by atoms with Crippen LogP contribution in [0.15, 0.2) is 18.2 Å². The highest BCUT2D eigenvalue weighted by Crippen LogP contribution is 2.23. The summed E-state index contributed by atoms with van der Waals surface area (Å²) in [4.78, 5) is 13.7. The minimum atomic E-state index is -0.398. The summed E-state index contributed by atoms with van der Waals surface area (Å²) in [6.07, 6.45) is 3.45. The first kappa shape index (κ1) is 15.5. The standard InChI is InChI=1S/C16H19FN2O2/c1-21-16(20)9-15-4-2-3-5-19(15)11-13-6-12(10-18)7-14(17)8-13/h6-8,15H,2-5,9,11H2,1H3. The van der Waals surface area contributed by atoms with E-state index in [1.807, 2.05) is 6.07 Å². The molecule has 21 heavy (non-hydrogen) atoms. The van der Waals surface area contributed by atoms with Gasteiger partial charge in [-0.15, -0.1) is 0 Å². The monoisotopic (exact) mass is 290 g/mol. The summed E-state index contributed by atoms with van der Waals surface area (Å²) in [6, 6.07) is 6.47. The lowest BCUT2D eigenvalue weighted by Gasteiger charge is -2.35. The molecule has 1 aromatic rings. The first-order valence-electron chi connectivity index (χ1n) is 7.13. The zero-order valence-electron chi connectivity index (χ0n) is 12.1. The number of nitrogens with zero attached hydrogens (tertiary/aromatic N) is 2. The van der Waals surface area contributed by atoms with Gasteiger partial charge >= 0.3 is 5.97 Å². The molecule has 1 saturated heterocycles. The van der Waals surface area contributed by atoms with Crippen LogP contribution in [0.25, 0.3) is 0 Å². The van der Waals surface area contributed by atoms with E-state index < -0.39 is 5.82 Å². The molecule has 1 aliphatic heterocycles. The minimum Gasteiger partial charge on any atom is -0.469 e. The van der Waals surface area contributed by atoms with E-state index in [0.717, 1.165) is 31.4 Å². The highest BCUT2D eigenvalue weighted by atomic mass is 19.1. The number of esters is 1. The van der Waals surface area contributed by atoms with Crippen molar-refractivity contribution in [1.82, 2.24) is 4.90 Å². The van der Waals surface area contributed by atoms with E-state index in [9.17, 15) is 9.18 Å². The Labute approximate surface area is 124 Å². The normalized spacial score (nSPS) is 19.0. The summed E-state index contributed by atoms with van der Waals surface area (Å²) in [7, 11) is 1.39. The Morgan fingerprint density at radius 1 is 1.48 bits per heavy atom. The van der Waals surface area contributed by atoms with Gasteiger partial charge in [0.2, 0.25) is 0 Å². The largest absolute Gasteiger partial charge is 0.469 e. The van der Waals surface area contributed by atoms with E-state index >= 15 is 0 Å². The van der Waals surface area contributed by atoms with Crippen LogP contribution in [0.5, 0.6) is 0 Å². The Morgan fingerprint density at radius 3 is 3.00 bits per heavy atom. The second-order valence-corrected chi connectivity index (χ2v) is 5.36. The van der Waals surface area contributed by atoms with Crippen LogP contribution in [0.1, 0.15) is 36.8 Å². The fourth-order valence-electron chi connectivity index (χ4n) is 2.82. The molecular formula is C16H19FN2O2. The topological polar surface area (TPSA) is 53.3 Å². The van der Waals surface area contributed by atoms with Crippen molar-refractivity contribution >= 4 is 5.97 Å². The van der Waals surface area contributed by atoms with E-state index in [2.05, 4.69) is 4.90 Å². The minimum absolute atomic E-state index is 0.125. The van der Waals surface area contributed by atoms with Crippen LogP contribution in [-0.4, -0.2) is 30.6 Å². The van der Waals surface area contributed by atoms with Crippen LogP contribution in [0, 0.1) is 17.1 Å². The zero-order valence-corrected chi connectivity index (χ0v) is 12.1. The van der Waals surface area contributed by atoms with Crippen LogP contribution < -0.4 is 0 Å². The smallest absolute Gasteiger partial charge is 0.307 e. The number of methoxy groups -OCH3 is 1. The number of hydrogen-bond donors (Lipinski definition) is 0. The number of hydrogen-bond acceptors (Lipinski definition) is 4.